The van der Waals surface area contributed by atoms with E-state index in [-0.39, 0.29) is 6.04 Å². The van der Waals surface area contributed by atoms with Crippen LogP contribution in [0.15, 0.2) is 34.7 Å². The highest BCUT2D eigenvalue weighted by molar-refractivity contribution is 5.17. The quantitative estimate of drug-likeness (QED) is 0.906. The number of ether oxygens (including phenoxy) is 1. The first-order valence-electron chi connectivity index (χ1n) is 7.56. The van der Waals surface area contributed by atoms with E-state index in [9.17, 15) is 5.11 Å². The number of benzene rings is 1. The maximum atomic E-state index is 10.4. The zero-order chi connectivity index (χ0) is 15.4. The van der Waals surface area contributed by atoms with Crippen molar-refractivity contribution in [1.29, 1.82) is 0 Å². The SMILES string of the molecule is Cc1nnc(CN2CCOCC2CC(O)c2ccccc2)o1. The molecule has 1 aliphatic heterocycles. The van der Waals surface area contributed by atoms with Crippen molar-refractivity contribution in [2.75, 3.05) is 19.8 Å². The third-order valence-corrected chi connectivity index (χ3v) is 3.94. The molecule has 2 atom stereocenters. The molecule has 118 valence electrons. The van der Waals surface area contributed by atoms with E-state index >= 15 is 0 Å². The third-order valence-electron chi connectivity index (χ3n) is 3.94. The van der Waals surface area contributed by atoms with E-state index in [0.29, 0.717) is 38.0 Å². The minimum atomic E-state index is -0.500. The molecule has 1 saturated heterocycles. The maximum absolute atomic E-state index is 10.4. The predicted molar refractivity (Wildman–Crippen MR) is 80.1 cm³/mol. The Morgan fingerprint density at radius 2 is 2.14 bits per heavy atom. The first kappa shape index (κ1) is 15.1. The molecule has 1 N–H and O–H groups in total. The summed E-state index contributed by atoms with van der Waals surface area (Å²) in [6.45, 7) is 4.47. The van der Waals surface area contributed by atoms with Crippen LogP contribution < -0.4 is 0 Å². The van der Waals surface area contributed by atoms with Gasteiger partial charge in [0.2, 0.25) is 11.8 Å². The van der Waals surface area contributed by atoms with Gasteiger partial charge in [0.1, 0.15) is 0 Å². The number of nitrogens with zero attached hydrogens (tertiary/aromatic N) is 3. The van der Waals surface area contributed by atoms with Crippen molar-refractivity contribution >= 4 is 0 Å². The number of aliphatic hydroxyl groups excluding tert-OH is 1. The fourth-order valence-electron chi connectivity index (χ4n) is 2.76. The summed E-state index contributed by atoms with van der Waals surface area (Å²) in [6, 6.07) is 9.85. The van der Waals surface area contributed by atoms with Crippen LogP contribution in [0.2, 0.25) is 0 Å². The topological polar surface area (TPSA) is 71.6 Å². The zero-order valence-corrected chi connectivity index (χ0v) is 12.7. The first-order valence-corrected chi connectivity index (χ1v) is 7.56. The lowest BCUT2D eigenvalue weighted by atomic mass is 10.0. The standard InChI is InChI=1S/C16H21N3O3/c1-12-17-18-16(22-12)10-19-7-8-21-11-14(19)9-15(20)13-5-3-2-4-6-13/h2-6,14-15,20H,7-11H2,1H3. The average Bonchev–Trinajstić information content (AvgIpc) is 2.95. The van der Waals surface area contributed by atoms with Gasteiger partial charge in [-0.1, -0.05) is 30.3 Å². The van der Waals surface area contributed by atoms with Crippen LogP contribution in [0.3, 0.4) is 0 Å². The lowest BCUT2D eigenvalue weighted by Gasteiger charge is -2.35. The lowest BCUT2D eigenvalue weighted by molar-refractivity contribution is -0.0330. The van der Waals surface area contributed by atoms with E-state index in [0.717, 1.165) is 12.1 Å². The van der Waals surface area contributed by atoms with Gasteiger partial charge in [0, 0.05) is 19.5 Å². The van der Waals surface area contributed by atoms with Crippen molar-refractivity contribution in [3.63, 3.8) is 0 Å². The maximum Gasteiger partial charge on any atom is 0.230 e. The monoisotopic (exact) mass is 303 g/mol. The Balaban J connectivity index is 1.64. The molecule has 2 aromatic rings. The fourth-order valence-corrected chi connectivity index (χ4v) is 2.76. The number of rotatable bonds is 5. The Bertz CT molecular complexity index is 587. The number of morpholine rings is 1. The van der Waals surface area contributed by atoms with Crippen molar-refractivity contribution in [2.24, 2.45) is 0 Å². The van der Waals surface area contributed by atoms with E-state index in [1.54, 1.807) is 6.92 Å². The summed E-state index contributed by atoms with van der Waals surface area (Å²) in [5.74, 6) is 1.18. The van der Waals surface area contributed by atoms with E-state index in [2.05, 4.69) is 15.1 Å². The van der Waals surface area contributed by atoms with Gasteiger partial charge in [0.05, 0.1) is 25.9 Å². The molecule has 0 bridgehead atoms. The lowest BCUT2D eigenvalue weighted by Crippen LogP contribution is -2.45. The molecule has 0 radical (unpaired) electrons. The molecule has 22 heavy (non-hydrogen) atoms. The van der Waals surface area contributed by atoms with Crippen molar-refractivity contribution in [2.45, 2.75) is 32.0 Å². The van der Waals surface area contributed by atoms with Gasteiger partial charge < -0.3 is 14.3 Å². The van der Waals surface area contributed by atoms with Crippen molar-refractivity contribution in [3.8, 4) is 0 Å². The Morgan fingerprint density at radius 3 is 2.86 bits per heavy atom. The van der Waals surface area contributed by atoms with Crippen molar-refractivity contribution in [3.05, 3.63) is 47.7 Å². The summed E-state index contributed by atoms with van der Waals surface area (Å²) in [5.41, 5.74) is 0.932. The van der Waals surface area contributed by atoms with Gasteiger partial charge in [-0.3, -0.25) is 4.90 Å². The van der Waals surface area contributed by atoms with Gasteiger partial charge in [0.25, 0.3) is 0 Å². The van der Waals surface area contributed by atoms with Gasteiger partial charge in [-0.15, -0.1) is 10.2 Å². The summed E-state index contributed by atoms with van der Waals surface area (Å²) in [6.07, 6.45) is 0.122. The average molecular weight is 303 g/mol. The number of aromatic nitrogens is 2. The second-order valence-electron chi connectivity index (χ2n) is 5.58. The molecule has 1 aliphatic rings. The molecule has 0 saturated carbocycles. The molecule has 1 fully saturated rings. The van der Waals surface area contributed by atoms with Crippen LogP contribution in [0.1, 0.15) is 29.9 Å². The smallest absolute Gasteiger partial charge is 0.230 e. The third kappa shape index (κ3) is 3.71. The van der Waals surface area contributed by atoms with Gasteiger partial charge in [-0.2, -0.15) is 0 Å². The summed E-state index contributed by atoms with van der Waals surface area (Å²) in [4.78, 5) is 2.24. The highest BCUT2D eigenvalue weighted by Crippen LogP contribution is 2.23. The van der Waals surface area contributed by atoms with Crippen molar-refractivity contribution < 1.29 is 14.3 Å². The van der Waals surface area contributed by atoms with Crippen LogP contribution in [-0.4, -0.2) is 46.0 Å². The summed E-state index contributed by atoms with van der Waals surface area (Å²) in [7, 11) is 0. The molecule has 2 heterocycles. The minimum absolute atomic E-state index is 0.135. The summed E-state index contributed by atoms with van der Waals surface area (Å²) < 4.78 is 11.0. The molecular formula is C16H21N3O3. The van der Waals surface area contributed by atoms with Gasteiger partial charge >= 0.3 is 0 Å². The predicted octanol–water partition coefficient (Wildman–Crippen LogP) is 1.70. The normalized spacial score (nSPS) is 20.9. The van der Waals surface area contributed by atoms with Crippen LogP contribution in [0, 0.1) is 6.92 Å². The second kappa shape index (κ2) is 7.00. The Kier molecular flexibility index (Phi) is 4.82. The molecule has 6 nitrogen and oxygen atoms in total. The van der Waals surface area contributed by atoms with Crippen LogP contribution in [0.5, 0.6) is 0 Å². The number of hydrogen-bond donors (Lipinski definition) is 1. The van der Waals surface area contributed by atoms with Crippen LogP contribution in [0.25, 0.3) is 0 Å². The summed E-state index contributed by atoms with van der Waals surface area (Å²) >= 11 is 0. The molecule has 1 aromatic heterocycles. The molecule has 3 rings (SSSR count). The number of aliphatic hydroxyl groups is 1. The molecule has 0 spiro atoms. The Hall–Kier alpha value is -1.76. The first-order chi connectivity index (χ1) is 10.7. The molecule has 2 unspecified atom stereocenters. The van der Waals surface area contributed by atoms with E-state index in [4.69, 9.17) is 9.15 Å². The van der Waals surface area contributed by atoms with Gasteiger partial charge in [0.15, 0.2) is 0 Å². The van der Waals surface area contributed by atoms with E-state index < -0.39 is 6.10 Å². The minimum Gasteiger partial charge on any atom is -0.424 e. The van der Waals surface area contributed by atoms with E-state index in [1.807, 2.05) is 30.3 Å². The highest BCUT2D eigenvalue weighted by Gasteiger charge is 2.27. The number of aryl methyl sites for hydroxylation is 1. The molecule has 0 amide bonds. The fraction of sp³-hybridized carbons (Fsp3) is 0.500. The molecule has 0 aliphatic carbocycles. The van der Waals surface area contributed by atoms with Crippen LogP contribution in [-0.2, 0) is 11.3 Å². The summed E-state index contributed by atoms with van der Waals surface area (Å²) in [5, 5.41) is 18.3. The van der Waals surface area contributed by atoms with Crippen LogP contribution >= 0.6 is 0 Å². The second-order valence-corrected chi connectivity index (χ2v) is 5.58. The molecule has 6 heteroatoms. The highest BCUT2D eigenvalue weighted by atomic mass is 16.5. The Morgan fingerprint density at radius 1 is 1.32 bits per heavy atom. The van der Waals surface area contributed by atoms with Crippen molar-refractivity contribution in [1.82, 2.24) is 15.1 Å². The van der Waals surface area contributed by atoms with Gasteiger partial charge in [-0.05, 0) is 12.0 Å². The van der Waals surface area contributed by atoms with Crippen LogP contribution in [0.4, 0.5) is 0 Å². The molecular weight excluding hydrogens is 282 g/mol. The Labute approximate surface area is 129 Å². The largest absolute Gasteiger partial charge is 0.424 e. The zero-order valence-electron chi connectivity index (χ0n) is 12.7. The molecule has 1 aromatic carbocycles. The van der Waals surface area contributed by atoms with E-state index in [1.165, 1.54) is 0 Å². The number of hydrogen-bond acceptors (Lipinski definition) is 6. The van der Waals surface area contributed by atoms with Gasteiger partial charge in [-0.25, -0.2) is 0 Å².